The van der Waals surface area contributed by atoms with Crippen molar-refractivity contribution in [2.24, 2.45) is 0 Å². The Bertz CT molecular complexity index is 978. The van der Waals surface area contributed by atoms with Crippen molar-refractivity contribution in [2.45, 2.75) is 13.8 Å². The van der Waals surface area contributed by atoms with E-state index in [2.05, 4.69) is 41.8 Å². The molecule has 27 heavy (non-hydrogen) atoms. The molecule has 1 amide bonds. The van der Waals surface area contributed by atoms with E-state index in [9.17, 15) is 4.79 Å². The maximum absolute atomic E-state index is 11.2. The molecule has 2 aromatic carbocycles. The van der Waals surface area contributed by atoms with Crippen LogP contribution in [0.15, 0.2) is 53.1 Å². The summed E-state index contributed by atoms with van der Waals surface area (Å²) in [5, 5.41) is 9.85. The van der Waals surface area contributed by atoms with Crippen LogP contribution in [0.5, 0.6) is 0 Å². The van der Waals surface area contributed by atoms with E-state index in [-0.39, 0.29) is 5.91 Å². The SMILES string of the molecule is CC(=O)Nc1ccc(Nc2ncc(Br)c(Nc3ccc(Cl)cc3)n2)cc1C. The first kappa shape index (κ1) is 19.1. The second-order valence-electron chi connectivity index (χ2n) is 5.86. The first-order chi connectivity index (χ1) is 12.9. The minimum Gasteiger partial charge on any atom is -0.339 e. The van der Waals surface area contributed by atoms with Gasteiger partial charge in [-0.1, -0.05) is 11.6 Å². The third kappa shape index (κ3) is 5.18. The quantitative estimate of drug-likeness (QED) is 0.472. The molecule has 1 aromatic heterocycles. The molecule has 6 nitrogen and oxygen atoms in total. The Hall–Kier alpha value is -2.64. The Balaban J connectivity index is 1.78. The van der Waals surface area contributed by atoms with E-state index in [0.29, 0.717) is 16.8 Å². The summed E-state index contributed by atoms with van der Waals surface area (Å²) in [6.45, 7) is 3.41. The molecule has 0 radical (unpaired) electrons. The lowest BCUT2D eigenvalue weighted by Gasteiger charge is -2.12. The molecule has 3 aromatic rings. The normalized spacial score (nSPS) is 10.4. The average molecular weight is 447 g/mol. The Morgan fingerprint density at radius 3 is 2.44 bits per heavy atom. The number of hydrogen-bond donors (Lipinski definition) is 3. The fraction of sp³-hybridized carbons (Fsp3) is 0.105. The zero-order valence-electron chi connectivity index (χ0n) is 14.7. The topological polar surface area (TPSA) is 78.9 Å². The van der Waals surface area contributed by atoms with Gasteiger partial charge in [0.1, 0.15) is 5.82 Å². The molecular weight excluding hydrogens is 430 g/mol. The molecule has 8 heteroatoms. The number of nitrogens with one attached hydrogen (secondary N) is 3. The van der Waals surface area contributed by atoms with Gasteiger partial charge in [0.15, 0.2) is 0 Å². The highest BCUT2D eigenvalue weighted by Crippen LogP contribution is 2.27. The summed E-state index contributed by atoms with van der Waals surface area (Å²) in [5.41, 5.74) is 3.39. The van der Waals surface area contributed by atoms with Crippen LogP contribution < -0.4 is 16.0 Å². The van der Waals surface area contributed by atoms with Crippen molar-refractivity contribution < 1.29 is 4.79 Å². The number of carbonyl (C=O) groups is 1. The maximum atomic E-state index is 11.2. The summed E-state index contributed by atoms with van der Waals surface area (Å²) in [7, 11) is 0. The third-order valence-electron chi connectivity index (χ3n) is 3.64. The molecule has 0 aliphatic carbocycles. The average Bonchev–Trinajstić information content (AvgIpc) is 2.62. The van der Waals surface area contributed by atoms with Crippen LogP contribution in [0.1, 0.15) is 12.5 Å². The van der Waals surface area contributed by atoms with Crippen LogP contribution in [-0.4, -0.2) is 15.9 Å². The summed E-state index contributed by atoms with van der Waals surface area (Å²) in [5.74, 6) is 0.968. The van der Waals surface area contributed by atoms with E-state index in [1.807, 2.05) is 37.3 Å². The minimum atomic E-state index is -0.104. The van der Waals surface area contributed by atoms with Crippen LogP contribution in [-0.2, 0) is 4.79 Å². The summed E-state index contributed by atoms with van der Waals surface area (Å²) >= 11 is 9.37. The van der Waals surface area contributed by atoms with E-state index in [1.165, 1.54) is 6.92 Å². The first-order valence-electron chi connectivity index (χ1n) is 8.11. The predicted molar refractivity (Wildman–Crippen MR) is 113 cm³/mol. The number of aromatic nitrogens is 2. The molecular formula is C19H17BrClN5O. The van der Waals surface area contributed by atoms with Gasteiger partial charge in [-0.05, 0) is 70.9 Å². The number of anilines is 5. The van der Waals surface area contributed by atoms with Crippen molar-refractivity contribution >= 4 is 62.3 Å². The van der Waals surface area contributed by atoms with Crippen LogP contribution in [0.2, 0.25) is 5.02 Å². The molecule has 138 valence electrons. The molecule has 0 saturated heterocycles. The zero-order chi connectivity index (χ0) is 19.4. The molecule has 3 N–H and O–H groups in total. The van der Waals surface area contributed by atoms with Crippen LogP contribution in [0, 0.1) is 6.92 Å². The minimum absolute atomic E-state index is 0.104. The Kier molecular flexibility index (Phi) is 5.93. The fourth-order valence-electron chi connectivity index (χ4n) is 2.39. The predicted octanol–water partition coefficient (Wildman–Crippen LogP) is 5.65. The van der Waals surface area contributed by atoms with E-state index < -0.39 is 0 Å². The number of nitrogens with zero attached hydrogens (tertiary/aromatic N) is 2. The molecule has 0 unspecified atom stereocenters. The van der Waals surface area contributed by atoms with Crippen LogP contribution in [0.25, 0.3) is 0 Å². The molecule has 1 heterocycles. The molecule has 0 aliphatic rings. The number of halogens is 2. The van der Waals surface area contributed by atoms with Crippen molar-refractivity contribution in [1.29, 1.82) is 0 Å². The monoisotopic (exact) mass is 445 g/mol. The summed E-state index contributed by atoms with van der Waals surface area (Å²) in [6, 6.07) is 13.0. The van der Waals surface area contributed by atoms with Gasteiger partial charge in [-0.15, -0.1) is 0 Å². The number of benzene rings is 2. The highest BCUT2D eigenvalue weighted by molar-refractivity contribution is 9.10. The van der Waals surface area contributed by atoms with E-state index >= 15 is 0 Å². The Labute approximate surface area is 170 Å². The summed E-state index contributed by atoms with van der Waals surface area (Å²) in [4.78, 5) is 20.0. The van der Waals surface area contributed by atoms with Crippen molar-refractivity contribution in [3.8, 4) is 0 Å². The van der Waals surface area contributed by atoms with Crippen LogP contribution >= 0.6 is 27.5 Å². The lowest BCUT2D eigenvalue weighted by molar-refractivity contribution is -0.114. The lowest BCUT2D eigenvalue weighted by Crippen LogP contribution is -2.07. The molecule has 0 saturated carbocycles. The highest BCUT2D eigenvalue weighted by Gasteiger charge is 2.08. The summed E-state index contributed by atoms with van der Waals surface area (Å²) in [6.07, 6.45) is 1.67. The number of carbonyl (C=O) groups excluding carboxylic acids is 1. The molecule has 3 rings (SSSR count). The largest absolute Gasteiger partial charge is 0.339 e. The van der Waals surface area contributed by atoms with Crippen LogP contribution in [0.3, 0.4) is 0 Å². The molecule has 0 spiro atoms. The number of rotatable bonds is 5. The van der Waals surface area contributed by atoms with Crippen molar-refractivity contribution in [2.75, 3.05) is 16.0 Å². The van der Waals surface area contributed by atoms with Gasteiger partial charge >= 0.3 is 0 Å². The molecule has 0 aliphatic heterocycles. The van der Waals surface area contributed by atoms with E-state index in [0.717, 1.165) is 27.1 Å². The molecule has 0 fully saturated rings. The molecule has 0 bridgehead atoms. The Morgan fingerprint density at radius 1 is 1.07 bits per heavy atom. The van der Waals surface area contributed by atoms with Gasteiger partial charge < -0.3 is 16.0 Å². The van der Waals surface area contributed by atoms with Gasteiger partial charge in [-0.3, -0.25) is 4.79 Å². The van der Waals surface area contributed by atoms with Crippen molar-refractivity contribution in [1.82, 2.24) is 9.97 Å². The highest BCUT2D eigenvalue weighted by atomic mass is 79.9. The van der Waals surface area contributed by atoms with Crippen molar-refractivity contribution in [3.63, 3.8) is 0 Å². The van der Waals surface area contributed by atoms with E-state index in [1.54, 1.807) is 18.3 Å². The second-order valence-corrected chi connectivity index (χ2v) is 7.15. The summed E-state index contributed by atoms with van der Waals surface area (Å²) < 4.78 is 0.736. The fourth-order valence-corrected chi connectivity index (χ4v) is 2.80. The second kappa shape index (κ2) is 8.37. The third-order valence-corrected chi connectivity index (χ3v) is 4.48. The standard InChI is InChI=1S/C19H17BrClN5O/c1-11-9-15(7-8-17(11)23-12(2)27)25-19-22-10-16(20)18(26-19)24-14-5-3-13(21)4-6-14/h3-10H,1-2H3,(H,23,27)(H2,22,24,25,26). The van der Waals surface area contributed by atoms with Gasteiger partial charge in [-0.2, -0.15) is 4.98 Å². The van der Waals surface area contributed by atoms with Gasteiger partial charge in [0, 0.05) is 35.2 Å². The number of amides is 1. The molecule has 0 atom stereocenters. The van der Waals surface area contributed by atoms with Gasteiger partial charge in [-0.25, -0.2) is 4.98 Å². The first-order valence-corrected chi connectivity index (χ1v) is 9.28. The van der Waals surface area contributed by atoms with Gasteiger partial charge in [0.2, 0.25) is 11.9 Å². The zero-order valence-corrected chi connectivity index (χ0v) is 17.0. The van der Waals surface area contributed by atoms with E-state index in [4.69, 9.17) is 11.6 Å². The van der Waals surface area contributed by atoms with Crippen molar-refractivity contribution in [3.05, 3.63) is 63.7 Å². The number of aryl methyl sites for hydroxylation is 1. The maximum Gasteiger partial charge on any atom is 0.229 e. The lowest BCUT2D eigenvalue weighted by atomic mass is 10.1. The smallest absolute Gasteiger partial charge is 0.229 e. The van der Waals surface area contributed by atoms with Gasteiger partial charge in [0.05, 0.1) is 4.47 Å². The van der Waals surface area contributed by atoms with Crippen LogP contribution in [0.4, 0.5) is 28.8 Å². The van der Waals surface area contributed by atoms with Gasteiger partial charge in [0.25, 0.3) is 0 Å². The Morgan fingerprint density at radius 2 is 1.78 bits per heavy atom. The number of hydrogen-bond acceptors (Lipinski definition) is 5.